The van der Waals surface area contributed by atoms with Crippen molar-refractivity contribution in [3.05, 3.63) is 12.2 Å². The lowest BCUT2D eigenvalue weighted by Crippen LogP contribution is -2.56. The summed E-state index contributed by atoms with van der Waals surface area (Å²) in [7, 11) is 1.59. The van der Waals surface area contributed by atoms with Crippen LogP contribution < -0.4 is 0 Å². The molecule has 0 heterocycles. The van der Waals surface area contributed by atoms with Crippen LogP contribution in [-0.4, -0.2) is 25.3 Å². The molecule has 4 rings (SSSR count). The number of fused-ring (bicyclic) bond motifs is 5. The van der Waals surface area contributed by atoms with Gasteiger partial charge in [0.25, 0.3) is 0 Å². The summed E-state index contributed by atoms with van der Waals surface area (Å²) in [5.74, 6) is 2.57. The van der Waals surface area contributed by atoms with Crippen LogP contribution in [0.3, 0.4) is 0 Å². The van der Waals surface area contributed by atoms with Gasteiger partial charge in [-0.3, -0.25) is 9.59 Å². The van der Waals surface area contributed by atoms with Gasteiger partial charge < -0.3 is 4.74 Å². The molecule has 0 aliphatic heterocycles. The molecule has 0 aromatic heterocycles. The van der Waals surface area contributed by atoms with E-state index in [0.717, 1.165) is 25.7 Å². The second kappa shape index (κ2) is 6.04. The lowest BCUT2D eigenvalue weighted by atomic mass is 9.45. The number of carbonyl (C=O) groups excluding carboxylic acids is 2. The Bertz CT molecular complexity index is 608. The lowest BCUT2D eigenvalue weighted by Gasteiger charge is -2.58. The summed E-state index contributed by atoms with van der Waals surface area (Å²) < 4.78 is 5.12. The molecule has 0 radical (unpaired) electrons. The van der Waals surface area contributed by atoms with Crippen molar-refractivity contribution in [2.45, 2.75) is 58.8 Å². The third-order valence-corrected chi connectivity index (χ3v) is 8.57. The maximum absolute atomic E-state index is 13.4. The highest BCUT2D eigenvalue weighted by Crippen LogP contribution is 2.65. The minimum atomic E-state index is -0.137. The number of Topliss-reactive ketones (excluding diaryl/α,β-unsaturated/α-hetero) is 2. The van der Waals surface area contributed by atoms with Crippen LogP contribution in [0, 0.1) is 40.4 Å². The summed E-state index contributed by atoms with van der Waals surface area (Å²) in [5, 5.41) is 0. The smallest absolute Gasteiger partial charge is 0.162 e. The van der Waals surface area contributed by atoms with Crippen LogP contribution in [0.15, 0.2) is 12.2 Å². The number of carbonyl (C=O) groups is 2. The zero-order chi connectivity index (χ0) is 17.8. The van der Waals surface area contributed by atoms with Gasteiger partial charge in [-0.15, -0.1) is 0 Å². The van der Waals surface area contributed by atoms with Crippen molar-refractivity contribution in [1.82, 2.24) is 0 Å². The Kier molecular flexibility index (Phi) is 4.22. The molecule has 0 saturated heterocycles. The fourth-order valence-electron chi connectivity index (χ4n) is 7.43. The lowest BCUT2D eigenvalue weighted by molar-refractivity contribution is -0.156. The van der Waals surface area contributed by atoms with E-state index in [-0.39, 0.29) is 35.1 Å². The molecule has 3 fully saturated rings. The number of ether oxygens (including phenoxy) is 1. The Labute approximate surface area is 151 Å². The van der Waals surface area contributed by atoms with E-state index in [0.29, 0.717) is 30.0 Å². The van der Waals surface area contributed by atoms with Gasteiger partial charge in [-0.1, -0.05) is 26.0 Å². The summed E-state index contributed by atoms with van der Waals surface area (Å²) in [5.41, 5.74) is 0.00622. The van der Waals surface area contributed by atoms with E-state index >= 15 is 0 Å². The van der Waals surface area contributed by atoms with Gasteiger partial charge >= 0.3 is 0 Å². The topological polar surface area (TPSA) is 43.4 Å². The summed E-state index contributed by atoms with van der Waals surface area (Å²) in [6.45, 7) is 4.80. The zero-order valence-electron chi connectivity index (χ0n) is 15.9. The fourth-order valence-corrected chi connectivity index (χ4v) is 7.43. The molecule has 0 N–H and O–H groups in total. The summed E-state index contributed by atoms with van der Waals surface area (Å²) in [6.07, 6.45) is 11.9. The summed E-state index contributed by atoms with van der Waals surface area (Å²) in [4.78, 5) is 26.0. The first-order valence-electron chi connectivity index (χ1n) is 10.1. The fraction of sp³-hybridized carbons (Fsp3) is 0.818. The van der Waals surface area contributed by atoms with Crippen LogP contribution in [-0.2, 0) is 14.3 Å². The summed E-state index contributed by atoms with van der Waals surface area (Å²) >= 11 is 0. The number of rotatable bonds is 3. The quantitative estimate of drug-likeness (QED) is 0.721. The number of hydrogen-bond donors (Lipinski definition) is 0. The monoisotopic (exact) mass is 344 g/mol. The first kappa shape index (κ1) is 17.5. The number of ketones is 2. The van der Waals surface area contributed by atoms with E-state index in [1.54, 1.807) is 7.11 Å². The van der Waals surface area contributed by atoms with Gasteiger partial charge in [0.05, 0.1) is 0 Å². The van der Waals surface area contributed by atoms with Gasteiger partial charge in [-0.05, 0) is 67.1 Å². The van der Waals surface area contributed by atoms with Crippen LogP contribution in [0.25, 0.3) is 0 Å². The molecule has 25 heavy (non-hydrogen) atoms. The third kappa shape index (κ3) is 2.41. The Hall–Kier alpha value is -0.960. The van der Waals surface area contributed by atoms with Crippen molar-refractivity contribution >= 4 is 11.6 Å². The SMILES string of the molecule is COCC(=O)[C@H]1CC[C@H]2[C@@H]3CC[C@H]4CC=CC[C@]4(C)[C@H]3C(=O)C[C@]12C. The number of allylic oxidation sites excluding steroid dienone is 2. The minimum Gasteiger partial charge on any atom is -0.377 e. The van der Waals surface area contributed by atoms with Gasteiger partial charge in [0, 0.05) is 25.4 Å². The molecule has 4 aliphatic rings. The Morgan fingerprint density at radius 1 is 1.16 bits per heavy atom. The van der Waals surface area contributed by atoms with E-state index in [1.165, 1.54) is 12.8 Å². The molecule has 0 aromatic carbocycles. The molecule has 3 heteroatoms. The molecule has 3 nitrogen and oxygen atoms in total. The third-order valence-electron chi connectivity index (χ3n) is 8.57. The molecule has 0 spiro atoms. The van der Waals surface area contributed by atoms with Gasteiger partial charge in [0.1, 0.15) is 12.4 Å². The van der Waals surface area contributed by atoms with Gasteiger partial charge in [0.2, 0.25) is 0 Å². The Morgan fingerprint density at radius 3 is 2.72 bits per heavy atom. The van der Waals surface area contributed by atoms with Crippen molar-refractivity contribution in [2.24, 2.45) is 40.4 Å². The Balaban J connectivity index is 1.66. The van der Waals surface area contributed by atoms with E-state index in [1.807, 2.05) is 0 Å². The number of hydrogen-bond acceptors (Lipinski definition) is 3. The maximum Gasteiger partial charge on any atom is 0.162 e. The van der Waals surface area contributed by atoms with Crippen molar-refractivity contribution in [3.8, 4) is 0 Å². The predicted octanol–water partition coefficient (Wildman–Crippen LogP) is 4.21. The van der Waals surface area contributed by atoms with Gasteiger partial charge in [-0.2, -0.15) is 0 Å². The van der Waals surface area contributed by atoms with Crippen LogP contribution in [0.4, 0.5) is 0 Å². The van der Waals surface area contributed by atoms with Crippen LogP contribution in [0.2, 0.25) is 0 Å². The first-order chi connectivity index (χ1) is 11.9. The molecule has 3 saturated carbocycles. The molecular weight excluding hydrogens is 312 g/mol. The van der Waals surface area contributed by atoms with E-state index < -0.39 is 0 Å². The highest BCUT2D eigenvalue weighted by molar-refractivity contribution is 5.88. The normalized spacial score (nSPS) is 48.6. The van der Waals surface area contributed by atoms with Crippen LogP contribution in [0.1, 0.15) is 58.8 Å². The minimum absolute atomic E-state index is 0.0131. The molecule has 0 amide bonds. The molecular formula is C22H32O3. The highest BCUT2D eigenvalue weighted by atomic mass is 16.5. The molecule has 4 aliphatic carbocycles. The highest BCUT2D eigenvalue weighted by Gasteiger charge is 2.63. The molecule has 7 atom stereocenters. The van der Waals surface area contributed by atoms with Gasteiger partial charge in [0.15, 0.2) is 5.78 Å². The second-order valence-corrected chi connectivity index (χ2v) is 9.62. The second-order valence-electron chi connectivity index (χ2n) is 9.62. The van der Waals surface area contributed by atoms with Crippen molar-refractivity contribution < 1.29 is 14.3 Å². The Morgan fingerprint density at radius 2 is 1.96 bits per heavy atom. The van der Waals surface area contributed by atoms with E-state index in [2.05, 4.69) is 26.0 Å². The molecule has 0 unspecified atom stereocenters. The average Bonchev–Trinajstić information content (AvgIpc) is 2.90. The van der Waals surface area contributed by atoms with Crippen molar-refractivity contribution in [2.75, 3.05) is 13.7 Å². The molecule has 0 bridgehead atoms. The largest absolute Gasteiger partial charge is 0.377 e. The van der Waals surface area contributed by atoms with Crippen molar-refractivity contribution in [1.29, 1.82) is 0 Å². The van der Waals surface area contributed by atoms with Crippen molar-refractivity contribution in [3.63, 3.8) is 0 Å². The van der Waals surface area contributed by atoms with Gasteiger partial charge in [-0.25, -0.2) is 0 Å². The van der Waals surface area contributed by atoms with E-state index in [4.69, 9.17) is 4.74 Å². The van der Waals surface area contributed by atoms with Crippen LogP contribution in [0.5, 0.6) is 0 Å². The van der Waals surface area contributed by atoms with Crippen LogP contribution >= 0.6 is 0 Å². The van der Waals surface area contributed by atoms with E-state index in [9.17, 15) is 9.59 Å². The maximum atomic E-state index is 13.4. The average molecular weight is 344 g/mol. The standard InChI is InChI=1S/C22H32O3/c1-21-11-5-4-6-14(21)7-8-15-16-9-10-17(19(24)13-25-3)22(16,2)12-18(23)20(15)21/h4-5,14-17,20H,6-13H2,1-3H3/t14-,15+,16+,17-,20-,21+,22+/m1/s1. The predicted molar refractivity (Wildman–Crippen MR) is 97.0 cm³/mol. The molecule has 0 aromatic rings. The number of methoxy groups -OCH3 is 1. The molecule has 138 valence electrons. The summed E-state index contributed by atoms with van der Waals surface area (Å²) in [6, 6.07) is 0. The zero-order valence-corrected chi connectivity index (χ0v) is 15.9. The first-order valence-corrected chi connectivity index (χ1v) is 10.1.